The molecule has 0 saturated carbocycles. The molecule has 1 atom stereocenters. The van der Waals surface area contributed by atoms with Crippen molar-refractivity contribution in [3.8, 4) is 5.75 Å². The second-order valence-electron chi connectivity index (χ2n) is 5.17. The van der Waals surface area contributed by atoms with Gasteiger partial charge in [0.05, 0.1) is 0 Å². The third-order valence-electron chi connectivity index (χ3n) is 3.23. The van der Waals surface area contributed by atoms with Crippen LogP contribution in [0.1, 0.15) is 38.7 Å². The van der Waals surface area contributed by atoms with Crippen molar-refractivity contribution in [2.24, 2.45) is 0 Å². The standard InChI is InChI=1S/C14H21NO/c1-11(2)12-6-4-5-7-13(12)16-14(3)8-9-15-10-14/h4-7,11,15H,8-10H2,1-3H3. The minimum atomic E-state index is -0.0367. The van der Waals surface area contributed by atoms with E-state index in [0.717, 1.165) is 25.3 Å². The molecule has 2 heteroatoms. The zero-order valence-corrected chi connectivity index (χ0v) is 10.4. The number of ether oxygens (including phenoxy) is 1. The van der Waals surface area contributed by atoms with Crippen molar-refractivity contribution in [1.82, 2.24) is 5.32 Å². The minimum Gasteiger partial charge on any atom is -0.486 e. The summed E-state index contributed by atoms with van der Waals surface area (Å²) in [6, 6.07) is 8.37. The van der Waals surface area contributed by atoms with Crippen LogP contribution in [0.4, 0.5) is 0 Å². The lowest BCUT2D eigenvalue weighted by molar-refractivity contribution is 0.109. The lowest BCUT2D eigenvalue weighted by Crippen LogP contribution is -2.34. The van der Waals surface area contributed by atoms with Crippen molar-refractivity contribution in [1.29, 1.82) is 0 Å². The van der Waals surface area contributed by atoms with Gasteiger partial charge in [0.1, 0.15) is 11.4 Å². The zero-order chi connectivity index (χ0) is 11.6. The van der Waals surface area contributed by atoms with Gasteiger partial charge in [0.2, 0.25) is 0 Å². The van der Waals surface area contributed by atoms with Gasteiger partial charge in [0.25, 0.3) is 0 Å². The van der Waals surface area contributed by atoms with Crippen LogP contribution in [0.25, 0.3) is 0 Å². The molecule has 2 rings (SSSR count). The van der Waals surface area contributed by atoms with E-state index in [1.807, 2.05) is 6.07 Å². The Morgan fingerprint density at radius 3 is 2.69 bits per heavy atom. The maximum Gasteiger partial charge on any atom is 0.123 e. The Balaban J connectivity index is 2.20. The highest BCUT2D eigenvalue weighted by atomic mass is 16.5. The molecule has 1 aliphatic heterocycles. The summed E-state index contributed by atoms with van der Waals surface area (Å²) in [5, 5.41) is 3.36. The Hall–Kier alpha value is -1.02. The highest BCUT2D eigenvalue weighted by molar-refractivity contribution is 5.36. The average molecular weight is 219 g/mol. The number of nitrogens with one attached hydrogen (secondary N) is 1. The molecule has 0 amide bonds. The molecule has 1 aromatic carbocycles. The quantitative estimate of drug-likeness (QED) is 0.844. The lowest BCUT2D eigenvalue weighted by atomic mass is 10.0. The van der Waals surface area contributed by atoms with E-state index in [1.165, 1.54) is 5.56 Å². The van der Waals surface area contributed by atoms with E-state index in [9.17, 15) is 0 Å². The van der Waals surface area contributed by atoms with Crippen molar-refractivity contribution in [2.45, 2.75) is 38.7 Å². The van der Waals surface area contributed by atoms with Crippen LogP contribution in [0.3, 0.4) is 0 Å². The number of hydrogen-bond acceptors (Lipinski definition) is 2. The molecule has 0 aromatic heterocycles. The van der Waals surface area contributed by atoms with Crippen LogP contribution >= 0.6 is 0 Å². The fourth-order valence-corrected chi connectivity index (χ4v) is 2.20. The smallest absolute Gasteiger partial charge is 0.123 e. The summed E-state index contributed by atoms with van der Waals surface area (Å²) in [6.07, 6.45) is 1.08. The van der Waals surface area contributed by atoms with Gasteiger partial charge in [-0.1, -0.05) is 32.0 Å². The molecule has 0 spiro atoms. The molecule has 1 unspecified atom stereocenters. The van der Waals surface area contributed by atoms with E-state index in [-0.39, 0.29) is 5.60 Å². The summed E-state index contributed by atoms with van der Waals surface area (Å²) in [7, 11) is 0. The lowest BCUT2D eigenvalue weighted by Gasteiger charge is -2.27. The zero-order valence-electron chi connectivity index (χ0n) is 10.4. The summed E-state index contributed by atoms with van der Waals surface area (Å²) < 4.78 is 6.19. The topological polar surface area (TPSA) is 21.3 Å². The van der Waals surface area contributed by atoms with Crippen molar-refractivity contribution in [3.63, 3.8) is 0 Å². The van der Waals surface area contributed by atoms with Gasteiger partial charge in [-0.05, 0) is 31.0 Å². The number of hydrogen-bond donors (Lipinski definition) is 1. The molecule has 0 bridgehead atoms. The maximum absolute atomic E-state index is 6.19. The molecule has 16 heavy (non-hydrogen) atoms. The van der Waals surface area contributed by atoms with Gasteiger partial charge in [0.15, 0.2) is 0 Å². The Morgan fingerprint density at radius 1 is 1.31 bits per heavy atom. The van der Waals surface area contributed by atoms with Crippen LogP contribution in [0.2, 0.25) is 0 Å². The predicted molar refractivity (Wildman–Crippen MR) is 67.1 cm³/mol. The molecule has 0 radical (unpaired) electrons. The normalized spacial score (nSPS) is 25.0. The van der Waals surface area contributed by atoms with E-state index in [1.54, 1.807) is 0 Å². The molecule has 1 heterocycles. The number of para-hydroxylation sites is 1. The van der Waals surface area contributed by atoms with Crippen LogP contribution in [0, 0.1) is 0 Å². The highest BCUT2D eigenvalue weighted by Crippen LogP contribution is 2.30. The second kappa shape index (κ2) is 4.46. The van der Waals surface area contributed by atoms with E-state index in [2.05, 4.69) is 44.3 Å². The molecular weight excluding hydrogens is 198 g/mol. The van der Waals surface area contributed by atoms with Crippen LogP contribution in [0.15, 0.2) is 24.3 Å². The largest absolute Gasteiger partial charge is 0.486 e. The molecule has 88 valence electrons. The summed E-state index contributed by atoms with van der Waals surface area (Å²) in [6.45, 7) is 8.60. The Bertz CT molecular complexity index is 354. The van der Waals surface area contributed by atoms with Gasteiger partial charge >= 0.3 is 0 Å². The van der Waals surface area contributed by atoms with Crippen LogP contribution in [-0.2, 0) is 0 Å². The Labute approximate surface area is 98.0 Å². The first kappa shape index (κ1) is 11.5. The molecule has 1 aromatic rings. The van der Waals surface area contributed by atoms with Gasteiger partial charge in [0, 0.05) is 13.0 Å². The fraction of sp³-hybridized carbons (Fsp3) is 0.571. The van der Waals surface area contributed by atoms with Gasteiger partial charge < -0.3 is 10.1 Å². The monoisotopic (exact) mass is 219 g/mol. The van der Waals surface area contributed by atoms with Crippen LogP contribution < -0.4 is 10.1 Å². The summed E-state index contributed by atoms with van der Waals surface area (Å²) in [4.78, 5) is 0. The Kier molecular flexibility index (Phi) is 3.20. The van der Waals surface area contributed by atoms with Gasteiger partial charge in [-0.15, -0.1) is 0 Å². The number of rotatable bonds is 3. The van der Waals surface area contributed by atoms with Crippen molar-refractivity contribution >= 4 is 0 Å². The first-order valence-corrected chi connectivity index (χ1v) is 6.09. The molecule has 1 saturated heterocycles. The van der Waals surface area contributed by atoms with E-state index in [4.69, 9.17) is 4.74 Å². The van der Waals surface area contributed by atoms with Gasteiger partial charge in [-0.25, -0.2) is 0 Å². The van der Waals surface area contributed by atoms with Crippen LogP contribution in [-0.4, -0.2) is 18.7 Å². The van der Waals surface area contributed by atoms with E-state index < -0.39 is 0 Å². The van der Waals surface area contributed by atoms with Gasteiger partial charge in [-0.3, -0.25) is 0 Å². The Morgan fingerprint density at radius 2 is 2.06 bits per heavy atom. The van der Waals surface area contributed by atoms with Gasteiger partial charge in [-0.2, -0.15) is 0 Å². The maximum atomic E-state index is 6.19. The molecular formula is C14H21NO. The SMILES string of the molecule is CC(C)c1ccccc1OC1(C)CCNC1. The second-order valence-corrected chi connectivity index (χ2v) is 5.17. The molecule has 0 aliphatic carbocycles. The van der Waals surface area contributed by atoms with E-state index in [0.29, 0.717) is 5.92 Å². The summed E-state index contributed by atoms with van der Waals surface area (Å²) >= 11 is 0. The third kappa shape index (κ3) is 2.38. The van der Waals surface area contributed by atoms with Crippen molar-refractivity contribution in [3.05, 3.63) is 29.8 Å². The highest BCUT2D eigenvalue weighted by Gasteiger charge is 2.31. The summed E-state index contributed by atoms with van der Waals surface area (Å²) in [5.41, 5.74) is 1.26. The van der Waals surface area contributed by atoms with E-state index >= 15 is 0 Å². The van der Waals surface area contributed by atoms with Crippen molar-refractivity contribution in [2.75, 3.05) is 13.1 Å². The predicted octanol–water partition coefficient (Wildman–Crippen LogP) is 2.94. The summed E-state index contributed by atoms with van der Waals surface area (Å²) in [5.74, 6) is 1.55. The minimum absolute atomic E-state index is 0.0367. The molecule has 1 fully saturated rings. The first-order chi connectivity index (χ1) is 7.61. The first-order valence-electron chi connectivity index (χ1n) is 6.09. The van der Waals surface area contributed by atoms with Crippen LogP contribution in [0.5, 0.6) is 5.75 Å². The molecule has 1 N–H and O–H groups in total. The molecule has 1 aliphatic rings. The average Bonchev–Trinajstić information content (AvgIpc) is 2.65. The third-order valence-corrected chi connectivity index (χ3v) is 3.23. The number of benzene rings is 1. The van der Waals surface area contributed by atoms with Crippen molar-refractivity contribution < 1.29 is 4.74 Å². The fourth-order valence-electron chi connectivity index (χ4n) is 2.20. The molecule has 2 nitrogen and oxygen atoms in total.